The Morgan fingerprint density at radius 3 is 3.00 bits per heavy atom. The molecule has 1 atom stereocenters. The van der Waals surface area contributed by atoms with Gasteiger partial charge in [0.1, 0.15) is 0 Å². The molecule has 1 aromatic rings. The van der Waals surface area contributed by atoms with E-state index in [4.69, 9.17) is 11.0 Å². The first-order valence-electron chi connectivity index (χ1n) is 4.71. The van der Waals surface area contributed by atoms with Crippen LogP contribution in [0.25, 0.3) is 0 Å². The number of nitrogens with zero attached hydrogens (tertiary/aromatic N) is 2. The third-order valence-electron chi connectivity index (χ3n) is 2.61. The average Bonchev–Trinajstić information content (AvgIpc) is 2.56. The molecular weight excluding hydrogens is 190 g/mol. The van der Waals surface area contributed by atoms with Crippen molar-refractivity contribution in [2.45, 2.75) is 13.0 Å². The Hall–Kier alpha value is -1.86. The number of carbonyl (C=O) groups is 1. The molecule has 1 aliphatic rings. The molecule has 0 unspecified atom stereocenters. The zero-order chi connectivity index (χ0) is 11.0. The first-order chi connectivity index (χ1) is 7.13. The first-order valence-corrected chi connectivity index (χ1v) is 4.71. The second kappa shape index (κ2) is 3.37. The van der Waals surface area contributed by atoms with Gasteiger partial charge in [-0.25, -0.2) is 0 Å². The standard InChI is InChI=1S/C11H11N3O/c1-7(15)14-6-10(13)9-3-2-8(5-12)4-11(9)14/h2-4,10H,6,13H2,1H3/t10-/m1/s1. The first kappa shape index (κ1) is 9.69. The van der Waals surface area contributed by atoms with Crippen LogP contribution in [0.4, 0.5) is 5.69 Å². The van der Waals surface area contributed by atoms with Gasteiger partial charge in [0.2, 0.25) is 5.91 Å². The maximum absolute atomic E-state index is 11.3. The largest absolute Gasteiger partial charge is 0.322 e. The second-order valence-electron chi connectivity index (χ2n) is 3.62. The zero-order valence-corrected chi connectivity index (χ0v) is 8.40. The van der Waals surface area contributed by atoms with Gasteiger partial charge < -0.3 is 10.6 Å². The van der Waals surface area contributed by atoms with Crippen molar-refractivity contribution in [3.05, 3.63) is 29.3 Å². The van der Waals surface area contributed by atoms with Crippen molar-refractivity contribution in [2.24, 2.45) is 5.73 Å². The van der Waals surface area contributed by atoms with Crippen LogP contribution in [0.1, 0.15) is 24.1 Å². The van der Waals surface area contributed by atoms with E-state index in [2.05, 4.69) is 6.07 Å². The molecule has 0 saturated carbocycles. The number of hydrogen-bond donors (Lipinski definition) is 1. The molecule has 0 aromatic heterocycles. The number of amides is 1. The lowest BCUT2D eigenvalue weighted by Crippen LogP contribution is -2.28. The van der Waals surface area contributed by atoms with Gasteiger partial charge in [-0.1, -0.05) is 6.07 Å². The second-order valence-corrected chi connectivity index (χ2v) is 3.62. The summed E-state index contributed by atoms with van der Waals surface area (Å²) in [7, 11) is 0. The highest BCUT2D eigenvalue weighted by Gasteiger charge is 2.28. The highest BCUT2D eigenvalue weighted by Crippen LogP contribution is 2.33. The van der Waals surface area contributed by atoms with Gasteiger partial charge in [0.15, 0.2) is 0 Å². The Morgan fingerprint density at radius 1 is 1.67 bits per heavy atom. The van der Waals surface area contributed by atoms with Crippen molar-refractivity contribution in [3.8, 4) is 6.07 Å². The molecule has 76 valence electrons. The van der Waals surface area contributed by atoms with Crippen molar-refractivity contribution in [1.29, 1.82) is 5.26 Å². The van der Waals surface area contributed by atoms with Crippen LogP contribution >= 0.6 is 0 Å². The SMILES string of the molecule is CC(=O)N1C[C@@H](N)c2ccc(C#N)cc21. The van der Waals surface area contributed by atoms with Gasteiger partial charge in [-0.3, -0.25) is 4.79 Å². The number of benzene rings is 1. The molecule has 0 fully saturated rings. The van der Waals surface area contributed by atoms with Crippen LogP contribution in [-0.2, 0) is 4.79 Å². The van der Waals surface area contributed by atoms with Crippen molar-refractivity contribution < 1.29 is 4.79 Å². The van der Waals surface area contributed by atoms with Gasteiger partial charge in [-0.2, -0.15) is 5.26 Å². The monoisotopic (exact) mass is 201 g/mol. The number of anilines is 1. The zero-order valence-electron chi connectivity index (χ0n) is 8.40. The molecule has 4 heteroatoms. The number of fused-ring (bicyclic) bond motifs is 1. The normalized spacial score (nSPS) is 18.5. The van der Waals surface area contributed by atoms with Gasteiger partial charge >= 0.3 is 0 Å². The van der Waals surface area contributed by atoms with Crippen molar-refractivity contribution in [3.63, 3.8) is 0 Å². The Morgan fingerprint density at radius 2 is 2.40 bits per heavy atom. The number of nitriles is 1. The summed E-state index contributed by atoms with van der Waals surface area (Å²) in [5, 5.41) is 8.77. The molecule has 2 rings (SSSR count). The van der Waals surface area contributed by atoms with Crippen LogP contribution < -0.4 is 10.6 Å². The van der Waals surface area contributed by atoms with E-state index in [0.717, 1.165) is 11.3 Å². The summed E-state index contributed by atoms with van der Waals surface area (Å²) in [6.07, 6.45) is 0. The van der Waals surface area contributed by atoms with Gasteiger partial charge in [-0.05, 0) is 17.7 Å². The van der Waals surface area contributed by atoms with Crippen LogP contribution in [-0.4, -0.2) is 12.5 Å². The molecule has 0 radical (unpaired) electrons. The summed E-state index contributed by atoms with van der Waals surface area (Å²) < 4.78 is 0. The predicted molar refractivity (Wildman–Crippen MR) is 56.1 cm³/mol. The minimum absolute atomic E-state index is 0.0423. The topological polar surface area (TPSA) is 70.1 Å². The van der Waals surface area contributed by atoms with Crippen molar-refractivity contribution in [2.75, 3.05) is 11.4 Å². The molecule has 0 spiro atoms. The molecule has 1 aliphatic heterocycles. The smallest absolute Gasteiger partial charge is 0.223 e. The fourth-order valence-electron chi connectivity index (χ4n) is 1.85. The van der Waals surface area contributed by atoms with Crippen LogP contribution in [0.2, 0.25) is 0 Å². The van der Waals surface area contributed by atoms with E-state index in [1.54, 1.807) is 17.0 Å². The highest BCUT2D eigenvalue weighted by molar-refractivity contribution is 5.94. The summed E-state index contributed by atoms with van der Waals surface area (Å²) in [5.74, 6) is -0.0423. The molecule has 0 saturated heterocycles. The Balaban J connectivity index is 2.53. The third-order valence-corrected chi connectivity index (χ3v) is 2.61. The van der Waals surface area contributed by atoms with E-state index >= 15 is 0 Å². The highest BCUT2D eigenvalue weighted by atomic mass is 16.2. The molecule has 2 N–H and O–H groups in total. The molecule has 1 aromatic carbocycles. The Kier molecular flexibility index (Phi) is 2.18. The van der Waals surface area contributed by atoms with Gasteiger partial charge in [0.25, 0.3) is 0 Å². The maximum atomic E-state index is 11.3. The quantitative estimate of drug-likeness (QED) is 0.678. The van der Waals surface area contributed by atoms with Crippen LogP contribution in [0.5, 0.6) is 0 Å². The van der Waals surface area contributed by atoms with Crippen LogP contribution in [0.3, 0.4) is 0 Å². The lowest BCUT2D eigenvalue weighted by Gasteiger charge is -2.14. The van der Waals surface area contributed by atoms with E-state index in [-0.39, 0.29) is 11.9 Å². The number of hydrogen-bond acceptors (Lipinski definition) is 3. The van der Waals surface area contributed by atoms with E-state index in [1.165, 1.54) is 6.92 Å². The van der Waals surface area contributed by atoms with Crippen LogP contribution in [0, 0.1) is 11.3 Å². The van der Waals surface area contributed by atoms with E-state index < -0.39 is 0 Å². The maximum Gasteiger partial charge on any atom is 0.223 e. The lowest BCUT2D eigenvalue weighted by molar-refractivity contribution is -0.116. The van der Waals surface area contributed by atoms with E-state index in [1.807, 2.05) is 6.07 Å². The van der Waals surface area contributed by atoms with Crippen molar-refractivity contribution >= 4 is 11.6 Å². The van der Waals surface area contributed by atoms with Gasteiger partial charge in [0, 0.05) is 25.2 Å². The summed E-state index contributed by atoms with van der Waals surface area (Å²) in [6, 6.07) is 7.17. The molecule has 4 nitrogen and oxygen atoms in total. The van der Waals surface area contributed by atoms with Crippen molar-refractivity contribution in [1.82, 2.24) is 0 Å². The molecule has 15 heavy (non-hydrogen) atoms. The average molecular weight is 201 g/mol. The molecule has 0 bridgehead atoms. The number of rotatable bonds is 0. The molecule has 0 aliphatic carbocycles. The van der Waals surface area contributed by atoms with Gasteiger partial charge in [0.05, 0.1) is 11.6 Å². The fraction of sp³-hybridized carbons (Fsp3) is 0.273. The van der Waals surface area contributed by atoms with E-state index in [9.17, 15) is 4.79 Å². The summed E-state index contributed by atoms with van der Waals surface area (Å²) in [5.41, 5.74) is 8.15. The third kappa shape index (κ3) is 1.47. The Labute approximate surface area is 87.9 Å². The van der Waals surface area contributed by atoms with E-state index in [0.29, 0.717) is 12.1 Å². The predicted octanol–water partition coefficient (Wildman–Crippen LogP) is 0.925. The summed E-state index contributed by atoms with van der Waals surface area (Å²) in [6.45, 7) is 2.00. The number of nitrogens with two attached hydrogens (primary N) is 1. The molecule has 1 heterocycles. The lowest BCUT2D eigenvalue weighted by atomic mass is 10.1. The molecular formula is C11H11N3O. The van der Waals surface area contributed by atoms with Gasteiger partial charge in [-0.15, -0.1) is 0 Å². The minimum Gasteiger partial charge on any atom is -0.322 e. The summed E-state index contributed by atoms with van der Waals surface area (Å²) >= 11 is 0. The molecule has 1 amide bonds. The van der Waals surface area contributed by atoms with Crippen LogP contribution in [0.15, 0.2) is 18.2 Å². The Bertz CT molecular complexity index is 461. The summed E-state index contributed by atoms with van der Waals surface area (Å²) in [4.78, 5) is 13.0. The number of carbonyl (C=O) groups excluding carboxylic acids is 1. The minimum atomic E-state index is -0.142. The fourth-order valence-corrected chi connectivity index (χ4v) is 1.85.